The normalized spacial score (nSPS) is 20.2. The monoisotopic (exact) mass is 268 g/mol. The van der Waals surface area contributed by atoms with E-state index in [0.29, 0.717) is 17.2 Å². The molecule has 1 amide bonds. The van der Waals surface area contributed by atoms with Crippen LogP contribution >= 0.6 is 0 Å². The van der Waals surface area contributed by atoms with Crippen LogP contribution in [-0.2, 0) is 0 Å². The van der Waals surface area contributed by atoms with Gasteiger partial charge in [-0.15, -0.1) is 0 Å². The first-order valence-electron chi connectivity index (χ1n) is 6.56. The van der Waals surface area contributed by atoms with E-state index in [1.54, 1.807) is 12.3 Å². The van der Waals surface area contributed by atoms with Crippen molar-refractivity contribution in [2.45, 2.75) is 18.4 Å². The first kappa shape index (κ1) is 12.6. The molecule has 1 saturated carbocycles. The molecule has 0 radical (unpaired) electrons. The molecule has 3 rings (SSSR count). The highest BCUT2D eigenvalue weighted by Crippen LogP contribution is 2.40. The molecule has 1 aromatic heterocycles. The molecule has 1 heterocycles. The number of hydrogen-bond acceptors (Lipinski definition) is 4. The quantitative estimate of drug-likeness (QED) is 0.582. The van der Waals surface area contributed by atoms with E-state index in [9.17, 15) is 4.79 Å². The molecule has 0 saturated heterocycles. The van der Waals surface area contributed by atoms with Crippen molar-refractivity contribution in [3.05, 3.63) is 59.9 Å². The van der Waals surface area contributed by atoms with Crippen LogP contribution in [0, 0.1) is 0 Å². The Labute approximate surface area is 117 Å². The summed E-state index contributed by atoms with van der Waals surface area (Å²) in [7, 11) is 0. The fourth-order valence-corrected chi connectivity index (χ4v) is 2.37. The van der Waals surface area contributed by atoms with Gasteiger partial charge < -0.3 is 10.7 Å². The summed E-state index contributed by atoms with van der Waals surface area (Å²) < 4.78 is 0. The van der Waals surface area contributed by atoms with Gasteiger partial charge in [0.05, 0.1) is 11.3 Å². The van der Waals surface area contributed by atoms with Gasteiger partial charge in [-0.25, -0.2) is 0 Å². The number of hydrogen-bond donors (Lipinski definition) is 3. The summed E-state index contributed by atoms with van der Waals surface area (Å²) in [5.41, 5.74) is 4.82. The van der Waals surface area contributed by atoms with E-state index >= 15 is 0 Å². The molecule has 102 valence electrons. The molecule has 1 fully saturated rings. The Morgan fingerprint density at radius 1 is 1.25 bits per heavy atom. The number of nitrogens with one attached hydrogen (secondary N) is 2. The number of carbonyl (C=O) groups excluding carboxylic acids is 1. The van der Waals surface area contributed by atoms with Gasteiger partial charge in [0.1, 0.15) is 0 Å². The number of pyridine rings is 1. The van der Waals surface area contributed by atoms with Crippen molar-refractivity contribution in [2.24, 2.45) is 5.84 Å². The minimum Gasteiger partial charge on any atom is -0.349 e. The summed E-state index contributed by atoms with van der Waals surface area (Å²) in [6, 6.07) is 12.1. The van der Waals surface area contributed by atoms with Gasteiger partial charge in [0.15, 0.2) is 0 Å². The molecule has 2 aromatic rings. The standard InChI is InChI=1S/C15H16N4O/c16-19-13-6-7-17-9-12(13)15(20)18-14-8-11(14)10-4-2-1-3-5-10/h1-7,9,11,14H,8,16H2,(H,17,19)(H,18,20). The predicted octanol–water partition coefficient (Wildman–Crippen LogP) is 1.65. The maximum absolute atomic E-state index is 12.2. The predicted molar refractivity (Wildman–Crippen MR) is 77.1 cm³/mol. The highest BCUT2D eigenvalue weighted by molar-refractivity contribution is 5.99. The third-order valence-corrected chi connectivity index (χ3v) is 3.56. The van der Waals surface area contributed by atoms with Crippen LogP contribution in [0.25, 0.3) is 0 Å². The molecule has 1 aliphatic rings. The Morgan fingerprint density at radius 2 is 2.05 bits per heavy atom. The fourth-order valence-electron chi connectivity index (χ4n) is 2.37. The van der Waals surface area contributed by atoms with Crippen LogP contribution in [0.15, 0.2) is 48.8 Å². The van der Waals surface area contributed by atoms with Crippen molar-refractivity contribution < 1.29 is 4.79 Å². The summed E-state index contributed by atoms with van der Waals surface area (Å²) in [6.07, 6.45) is 4.09. The van der Waals surface area contributed by atoms with Gasteiger partial charge >= 0.3 is 0 Å². The van der Waals surface area contributed by atoms with Gasteiger partial charge in [0, 0.05) is 24.4 Å². The summed E-state index contributed by atoms with van der Waals surface area (Å²) in [6.45, 7) is 0. The van der Waals surface area contributed by atoms with Gasteiger partial charge in [-0.1, -0.05) is 30.3 Å². The number of hydrazine groups is 1. The van der Waals surface area contributed by atoms with E-state index in [2.05, 4.69) is 27.9 Å². The Morgan fingerprint density at radius 3 is 2.80 bits per heavy atom. The molecule has 0 aliphatic heterocycles. The number of nitrogens with zero attached hydrogens (tertiary/aromatic N) is 1. The molecular formula is C15H16N4O. The third kappa shape index (κ3) is 2.48. The lowest BCUT2D eigenvalue weighted by atomic mass is 10.1. The van der Waals surface area contributed by atoms with E-state index < -0.39 is 0 Å². The average Bonchev–Trinajstić information content (AvgIpc) is 3.27. The largest absolute Gasteiger partial charge is 0.349 e. The fraction of sp³-hybridized carbons (Fsp3) is 0.200. The lowest BCUT2D eigenvalue weighted by Gasteiger charge is -2.08. The number of benzene rings is 1. The average molecular weight is 268 g/mol. The van der Waals surface area contributed by atoms with E-state index in [4.69, 9.17) is 5.84 Å². The van der Waals surface area contributed by atoms with Crippen molar-refractivity contribution in [3.63, 3.8) is 0 Å². The topological polar surface area (TPSA) is 80.0 Å². The van der Waals surface area contributed by atoms with Gasteiger partial charge in [0.2, 0.25) is 0 Å². The molecular weight excluding hydrogens is 252 g/mol. The van der Waals surface area contributed by atoms with Crippen molar-refractivity contribution in [2.75, 3.05) is 5.43 Å². The van der Waals surface area contributed by atoms with Crippen molar-refractivity contribution >= 4 is 11.6 Å². The number of carbonyl (C=O) groups is 1. The Hall–Kier alpha value is -2.40. The third-order valence-electron chi connectivity index (χ3n) is 3.56. The van der Waals surface area contributed by atoms with Crippen LogP contribution in [-0.4, -0.2) is 16.9 Å². The number of anilines is 1. The van der Waals surface area contributed by atoms with Crippen molar-refractivity contribution in [1.29, 1.82) is 0 Å². The summed E-state index contributed by atoms with van der Waals surface area (Å²) >= 11 is 0. The molecule has 5 nitrogen and oxygen atoms in total. The second-order valence-corrected chi connectivity index (χ2v) is 4.90. The zero-order valence-electron chi connectivity index (χ0n) is 10.9. The molecule has 1 aliphatic carbocycles. The van der Waals surface area contributed by atoms with Gasteiger partial charge in [-0.05, 0) is 18.1 Å². The molecule has 2 atom stereocenters. The van der Waals surface area contributed by atoms with Crippen LogP contribution in [0.5, 0.6) is 0 Å². The molecule has 2 unspecified atom stereocenters. The smallest absolute Gasteiger partial charge is 0.255 e. The van der Waals surface area contributed by atoms with E-state index in [1.165, 1.54) is 11.8 Å². The lowest BCUT2D eigenvalue weighted by Crippen LogP contribution is -2.28. The zero-order chi connectivity index (χ0) is 13.9. The zero-order valence-corrected chi connectivity index (χ0v) is 10.9. The van der Waals surface area contributed by atoms with E-state index in [1.807, 2.05) is 18.2 Å². The number of nitrogen functional groups attached to an aromatic ring is 1. The minimum absolute atomic E-state index is 0.144. The Kier molecular flexibility index (Phi) is 3.35. The number of rotatable bonds is 4. The van der Waals surface area contributed by atoms with Crippen molar-refractivity contribution in [3.8, 4) is 0 Å². The highest BCUT2D eigenvalue weighted by Gasteiger charge is 2.39. The molecule has 5 heteroatoms. The first-order chi connectivity index (χ1) is 9.79. The molecule has 0 bridgehead atoms. The Bertz CT molecular complexity index is 614. The van der Waals surface area contributed by atoms with Crippen LogP contribution in [0.4, 0.5) is 5.69 Å². The maximum atomic E-state index is 12.2. The summed E-state index contributed by atoms with van der Waals surface area (Å²) in [5.74, 6) is 5.66. The molecule has 4 N–H and O–H groups in total. The lowest BCUT2D eigenvalue weighted by molar-refractivity contribution is 0.0950. The van der Waals surface area contributed by atoms with E-state index in [-0.39, 0.29) is 11.9 Å². The molecule has 1 aromatic carbocycles. The van der Waals surface area contributed by atoms with E-state index in [0.717, 1.165) is 6.42 Å². The summed E-state index contributed by atoms with van der Waals surface area (Å²) in [5, 5.41) is 3.02. The number of amides is 1. The number of nitrogens with two attached hydrogens (primary N) is 1. The van der Waals surface area contributed by atoms with Gasteiger partial charge in [-0.2, -0.15) is 0 Å². The maximum Gasteiger partial charge on any atom is 0.255 e. The van der Waals surface area contributed by atoms with Crippen LogP contribution < -0.4 is 16.6 Å². The number of aromatic nitrogens is 1. The minimum atomic E-state index is -0.144. The highest BCUT2D eigenvalue weighted by atomic mass is 16.1. The SMILES string of the molecule is NNc1ccncc1C(=O)NC1CC1c1ccccc1. The Balaban J connectivity index is 1.67. The van der Waals surface area contributed by atoms with Crippen LogP contribution in [0.2, 0.25) is 0 Å². The summed E-state index contributed by atoms with van der Waals surface area (Å²) in [4.78, 5) is 16.2. The van der Waals surface area contributed by atoms with Crippen LogP contribution in [0.1, 0.15) is 28.3 Å². The second kappa shape index (κ2) is 5.30. The molecule has 0 spiro atoms. The first-order valence-corrected chi connectivity index (χ1v) is 6.56. The van der Waals surface area contributed by atoms with Crippen molar-refractivity contribution in [1.82, 2.24) is 10.3 Å². The second-order valence-electron chi connectivity index (χ2n) is 4.90. The molecule has 20 heavy (non-hydrogen) atoms. The van der Waals surface area contributed by atoms with Gasteiger partial charge in [-0.3, -0.25) is 15.6 Å². The van der Waals surface area contributed by atoms with Crippen LogP contribution in [0.3, 0.4) is 0 Å². The van der Waals surface area contributed by atoms with Gasteiger partial charge in [0.25, 0.3) is 5.91 Å².